The van der Waals surface area contributed by atoms with Crippen molar-refractivity contribution in [1.82, 2.24) is 10.2 Å². The van der Waals surface area contributed by atoms with Crippen molar-refractivity contribution >= 4 is 12.0 Å². The van der Waals surface area contributed by atoms with Gasteiger partial charge in [-0.05, 0) is 60.8 Å². The molecule has 1 saturated heterocycles. The Morgan fingerprint density at radius 1 is 1.10 bits per heavy atom. The van der Waals surface area contributed by atoms with E-state index in [-0.39, 0.29) is 5.91 Å². The molecule has 5 nitrogen and oxygen atoms in total. The first-order valence-electron chi connectivity index (χ1n) is 10.9. The maximum atomic E-state index is 12.4. The Hall–Kier alpha value is -3.05. The number of nitrogens with one attached hydrogen (secondary N) is 1. The number of amides is 1. The van der Waals surface area contributed by atoms with Gasteiger partial charge >= 0.3 is 0 Å². The molecule has 5 heteroatoms. The number of hydrogen-bond acceptors (Lipinski definition) is 4. The number of methoxy groups -OCH3 is 1. The summed E-state index contributed by atoms with van der Waals surface area (Å²) in [5, 5.41) is 3.00. The molecule has 0 saturated carbocycles. The number of carbonyl (C=O) groups excluding carboxylic acids is 1. The van der Waals surface area contributed by atoms with E-state index in [1.165, 1.54) is 30.4 Å². The molecule has 1 aliphatic heterocycles. The van der Waals surface area contributed by atoms with Gasteiger partial charge in [0, 0.05) is 19.2 Å². The highest BCUT2D eigenvalue weighted by molar-refractivity contribution is 5.91. The first-order valence-corrected chi connectivity index (χ1v) is 10.9. The topological polar surface area (TPSA) is 50.8 Å². The number of rotatable bonds is 10. The molecule has 1 heterocycles. The average Bonchev–Trinajstić information content (AvgIpc) is 2.81. The number of nitrogens with zero attached hydrogens (tertiary/aromatic N) is 1. The third-order valence-corrected chi connectivity index (χ3v) is 5.39. The van der Waals surface area contributed by atoms with Crippen LogP contribution in [0.25, 0.3) is 6.08 Å². The van der Waals surface area contributed by atoms with Crippen LogP contribution in [0, 0.1) is 0 Å². The van der Waals surface area contributed by atoms with Crippen molar-refractivity contribution in [3.63, 3.8) is 0 Å². The minimum absolute atomic E-state index is 0.126. The van der Waals surface area contributed by atoms with Crippen LogP contribution >= 0.6 is 0 Å². The summed E-state index contributed by atoms with van der Waals surface area (Å²) >= 11 is 0. The lowest BCUT2D eigenvalue weighted by Crippen LogP contribution is -2.30. The number of benzene rings is 2. The molecule has 1 fully saturated rings. The van der Waals surface area contributed by atoms with E-state index in [0.29, 0.717) is 24.7 Å². The lowest BCUT2D eigenvalue weighted by atomic mass is 10.0. The van der Waals surface area contributed by atoms with Gasteiger partial charge in [-0.15, -0.1) is 0 Å². The van der Waals surface area contributed by atoms with Crippen molar-refractivity contribution in [1.29, 1.82) is 0 Å². The van der Waals surface area contributed by atoms with Gasteiger partial charge in [0.2, 0.25) is 5.91 Å². The van der Waals surface area contributed by atoms with Crippen LogP contribution in [-0.2, 0) is 17.9 Å². The van der Waals surface area contributed by atoms with Crippen LogP contribution in [0.3, 0.4) is 0 Å². The van der Waals surface area contributed by atoms with Crippen LogP contribution < -0.4 is 14.8 Å². The zero-order valence-electron chi connectivity index (χ0n) is 18.3. The number of likely N-dealkylation sites (tertiary alicyclic amines) is 1. The Bertz CT molecular complexity index is 901. The number of ether oxygens (including phenoxy) is 2. The molecule has 3 rings (SSSR count). The van der Waals surface area contributed by atoms with Crippen molar-refractivity contribution in [2.24, 2.45) is 0 Å². The molecule has 31 heavy (non-hydrogen) atoms. The predicted molar refractivity (Wildman–Crippen MR) is 125 cm³/mol. The van der Waals surface area contributed by atoms with E-state index in [2.05, 4.69) is 35.0 Å². The van der Waals surface area contributed by atoms with Crippen LogP contribution in [0.5, 0.6) is 11.5 Å². The Balaban J connectivity index is 1.56. The Morgan fingerprint density at radius 3 is 2.61 bits per heavy atom. The summed E-state index contributed by atoms with van der Waals surface area (Å²) in [7, 11) is 1.59. The van der Waals surface area contributed by atoms with Crippen LogP contribution in [0.1, 0.15) is 36.0 Å². The minimum Gasteiger partial charge on any atom is -0.493 e. The lowest BCUT2D eigenvalue weighted by Gasteiger charge is -2.27. The van der Waals surface area contributed by atoms with Crippen LogP contribution in [0.2, 0.25) is 0 Å². The molecule has 2 aromatic rings. The quantitative estimate of drug-likeness (QED) is 0.452. The molecule has 0 atom stereocenters. The summed E-state index contributed by atoms with van der Waals surface area (Å²) in [5.41, 5.74) is 3.32. The molecule has 0 aromatic heterocycles. The van der Waals surface area contributed by atoms with E-state index in [1.807, 2.05) is 24.3 Å². The van der Waals surface area contributed by atoms with E-state index in [0.717, 1.165) is 25.2 Å². The molecular weight excluding hydrogens is 388 g/mol. The van der Waals surface area contributed by atoms with Gasteiger partial charge in [-0.3, -0.25) is 9.69 Å². The minimum atomic E-state index is -0.126. The van der Waals surface area contributed by atoms with Gasteiger partial charge in [0.1, 0.15) is 6.61 Å². The molecule has 0 aliphatic carbocycles. The smallest absolute Gasteiger partial charge is 0.244 e. The molecule has 1 amide bonds. The summed E-state index contributed by atoms with van der Waals surface area (Å²) in [5.74, 6) is 1.14. The fourth-order valence-corrected chi connectivity index (χ4v) is 3.71. The first-order chi connectivity index (χ1) is 15.2. The standard InChI is InChI=1S/C26H32N2O3/c1-3-17-31-24-13-11-21(18-25(24)30-2)12-14-26(29)27-19-22-9-5-6-10-23(22)20-28-15-7-4-8-16-28/h3,5-6,9-14,18H,1,4,7-8,15-17,19-20H2,2H3,(H,27,29)/b14-12+. The Labute approximate surface area is 185 Å². The molecular formula is C26H32N2O3. The molecule has 0 bridgehead atoms. The molecule has 0 spiro atoms. The fraction of sp³-hybridized carbons (Fsp3) is 0.346. The molecule has 1 aliphatic rings. The molecule has 0 radical (unpaired) electrons. The third kappa shape index (κ3) is 7.00. The van der Waals surface area contributed by atoms with Crippen molar-refractivity contribution < 1.29 is 14.3 Å². The largest absolute Gasteiger partial charge is 0.493 e. The SMILES string of the molecule is C=CCOc1ccc(/C=C/C(=O)NCc2ccccc2CN2CCCCC2)cc1OC. The summed E-state index contributed by atoms with van der Waals surface area (Å²) in [6.07, 6.45) is 8.88. The van der Waals surface area contributed by atoms with Gasteiger partial charge < -0.3 is 14.8 Å². The van der Waals surface area contributed by atoms with Crippen LogP contribution in [0.15, 0.2) is 61.2 Å². The van der Waals surface area contributed by atoms with Gasteiger partial charge in [-0.25, -0.2) is 0 Å². The van der Waals surface area contributed by atoms with Crippen molar-refractivity contribution in [2.75, 3.05) is 26.8 Å². The van der Waals surface area contributed by atoms with Gasteiger partial charge in [-0.2, -0.15) is 0 Å². The molecule has 1 N–H and O–H groups in total. The second kappa shape index (κ2) is 12.0. The maximum Gasteiger partial charge on any atom is 0.244 e. The van der Waals surface area contributed by atoms with E-state index in [4.69, 9.17) is 9.47 Å². The Morgan fingerprint density at radius 2 is 1.87 bits per heavy atom. The highest BCUT2D eigenvalue weighted by Crippen LogP contribution is 2.28. The summed E-state index contributed by atoms with van der Waals surface area (Å²) < 4.78 is 10.9. The first kappa shape index (κ1) is 22.6. The maximum absolute atomic E-state index is 12.4. The average molecular weight is 421 g/mol. The van der Waals surface area contributed by atoms with Crippen molar-refractivity contribution in [2.45, 2.75) is 32.4 Å². The normalized spacial score (nSPS) is 14.4. The molecule has 164 valence electrons. The Kier molecular flexibility index (Phi) is 8.73. The van der Waals surface area contributed by atoms with Crippen LogP contribution in [0.4, 0.5) is 0 Å². The summed E-state index contributed by atoms with van der Waals surface area (Å²) in [6.45, 7) is 7.84. The second-order valence-electron chi connectivity index (χ2n) is 7.67. The van der Waals surface area contributed by atoms with Crippen LogP contribution in [-0.4, -0.2) is 37.6 Å². The third-order valence-electron chi connectivity index (χ3n) is 5.39. The van der Waals surface area contributed by atoms with E-state index in [1.54, 1.807) is 25.3 Å². The lowest BCUT2D eigenvalue weighted by molar-refractivity contribution is -0.116. The van der Waals surface area contributed by atoms with Crippen molar-refractivity contribution in [3.05, 3.63) is 77.9 Å². The van der Waals surface area contributed by atoms with E-state index < -0.39 is 0 Å². The monoisotopic (exact) mass is 420 g/mol. The van der Waals surface area contributed by atoms with Gasteiger partial charge in [-0.1, -0.05) is 49.4 Å². The van der Waals surface area contributed by atoms with Gasteiger partial charge in [0.15, 0.2) is 11.5 Å². The van der Waals surface area contributed by atoms with E-state index in [9.17, 15) is 4.79 Å². The number of piperidine rings is 1. The number of hydrogen-bond donors (Lipinski definition) is 1. The van der Waals surface area contributed by atoms with Crippen molar-refractivity contribution in [3.8, 4) is 11.5 Å². The van der Waals surface area contributed by atoms with Gasteiger partial charge in [0.05, 0.1) is 7.11 Å². The van der Waals surface area contributed by atoms with Gasteiger partial charge in [0.25, 0.3) is 0 Å². The van der Waals surface area contributed by atoms with E-state index >= 15 is 0 Å². The summed E-state index contributed by atoms with van der Waals surface area (Å²) in [6, 6.07) is 13.9. The predicted octanol–water partition coefficient (Wildman–Crippen LogP) is 4.58. The zero-order valence-corrected chi connectivity index (χ0v) is 18.3. The number of carbonyl (C=O) groups is 1. The fourth-order valence-electron chi connectivity index (χ4n) is 3.71. The highest BCUT2D eigenvalue weighted by Gasteiger charge is 2.12. The highest BCUT2D eigenvalue weighted by atomic mass is 16.5. The summed E-state index contributed by atoms with van der Waals surface area (Å²) in [4.78, 5) is 14.9. The zero-order chi connectivity index (χ0) is 21.9. The second-order valence-corrected chi connectivity index (χ2v) is 7.67. The molecule has 0 unspecified atom stereocenters. The molecule has 2 aromatic carbocycles.